The smallest absolute Gasteiger partial charge is 0.222 e. The molecule has 5 nitrogen and oxygen atoms in total. The molecule has 1 aliphatic heterocycles. The van der Waals surface area contributed by atoms with Crippen molar-refractivity contribution in [3.05, 3.63) is 58.9 Å². The summed E-state index contributed by atoms with van der Waals surface area (Å²) in [6.45, 7) is 3.09. The van der Waals surface area contributed by atoms with Crippen LogP contribution < -0.4 is 4.74 Å². The fourth-order valence-electron chi connectivity index (χ4n) is 3.85. The van der Waals surface area contributed by atoms with Crippen LogP contribution in [0.3, 0.4) is 0 Å². The molecular formula is C23H30ClN3O2. The number of aromatic nitrogens is 1. The lowest BCUT2D eigenvalue weighted by Crippen LogP contribution is -2.46. The maximum Gasteiger partial charge on any atom is 0.222 e. The van der Waals surface area contributed by atoms with Crippen molar-refractivity contribution in [2.75, 3.05) is 33.8 Å². The van der Waals surface area contributed by atoms with E-state index in [1.165, 1.54) is 0 Å². The number of halogens is 1. The number of hydrogen-bond donors (Lipinski definition) is 0. The van der Waals surface area contributed by atoms with E-state index < -0.39 is 0 Å². The van der Waals surface area contributed by atoms with E-state index in [0.717, 1.165) is 50.2 Å². The molecule has 1 saturated heterocycles. The largest absolute Gasteiger partial charge is 0.495 e. The summed E-state index contributed by atoms with van der Waals surface area (Å²) in [6, 6.07) is 12.1. The minimum Gasteiger partial charge on any atom is -0.495 e. The molecule has 2 heterocycles. The summed E-state index contributed by atoms with van der Waals surface area (Å²) in [6.07, 6.45) is 6.07. The third-order valence-electron chi connectivity index (χ3n) is 5.75. The summed E-state index contributed by atoms with van der Waals surface area (Å²) >= 11 is 6.18. The molecule has 0 radical (unpaired) electrons. The van der Waals surface area contributed by atoms with Crippen molar-refractivity contribution >= 4 is 17.5 Å². The van der Waals surface area contributed by atoms with Crippen molar-refractivity contribution in [3.63, 3.8) is 0 Å². The third kappa shape index (κ3) is 6.18. The number of pyridine rings is 1. The molecular weight excluding hydrogens is 386 g/mol. The molecule has 2 aromatic rings. The van der Waals surface area contributed by atoms with Crippen LogP contribution in [0, 0.1) is 0 Å². The van der Waals surface area contributed by atoms with Gasteiger partial charge in [-0.15, -0.1) is 0 Å². The highest BCUT2D eigenvalue weighted by molar-refractivity contribution is 6.32. The van der Waals surface area contributed by atoms with Gasteiger partial charge in [0.15, 0.2) is 0 Å². The molecule has 6 heteroatoms. The van der Waals surface area contributed by atoms with E-state index in [9.17, 15) is 4.79 Å². The van der Waals surface area contributed by atoms with E-state index in [0.29, 0.717) is 29.7 Å². The van der Waals surface area contributed by atoms with Gasteiger partial charge >= 0.3 is 0 Å². The molecule has 0 atom stereocenters. The zero-order valence-electron chi connectivity index (χ0n) is 17.3. The molecule has 0 unspecified atom stereocenters. The first-order chi connectivity index (χ1) is 14.1. The lowest BCUT2D eigenvalue weighted by atomic mass is 10.0. The maximum absolute atomic E-state index is 12.7. The number of likely N-dealkylation sites (tertiary alicyclic amines) is 1. The topological polar surface area (TPSA) is 45.7 Å². The van der Waals surface area contributed by atoms with Gasteiger partial charge in [0.25, 0.3) is 0 Å². The lowest BCUT2D eigenvalue weighted by molar-refractivity contribution is -0.132. The Bertz CT molecular complexity index is 792. The van der Waals surface area contributed by atoms with Crippen LogP contribution >= 0.6 is 11.6 Å². The Morgan fingerprint density at radius 3 is 2.69 bits per heavy atom. The molecule has 1 aromatic carbocycles. The van der Waals surface area contributed by atoms with Crippen LogP contribution in [0.25, 0.3) is 0 Å². The van der Waals surface area contributed by atoms with Crippen molar-refractivity contribution in [2.24, 2.45) is 0 Å². The summed E-state index contributed by atoms with van der Waals surface area (Å²) in [5.41, 5.74) is 2.20. The second-order valence-corrected chi connectivity index (χ2v) is 8.02. The van der Waals surface area contributed by atoms with Crippen LogP contribution in [-0.2, 0) is 17.6 Å². The van der Waals surface area contributed by atoms with Crippen molar-refractivity contribution in [2.45, 2.75) is 38.1 Å². The van der Waals surface area contributed by atoms with E-state index in [1.807, 2.05) is 48.5 Å². The van der Waals surface area contributed by atoms with Crippen molar-refractivity contribution in [1.29, 1.82) is 0 Å². The number of amides is 1. The van der Waals surface area contributed by atoms with Gasteiger partial charge in [0, 0.05) is 57.5 Å². The minimum absolute atomic E-state index is 0.198. The lowest BCUT2D eigenvalue weighted by Gasteiger charge is -2.36. The predicted molar refractivity (Wildman–Crippen MR) is 116 cm³/mol. The summed E-state index contributed by atoms with van der Waals surface area (Å²) in [5.74, 6) is 0.859. The third-order valence-corrected chi connectivity index (χ3v) is 6.05. The first-order valence-corrected chi connectivity index (χ1v) is 10.6. The highest BCUT2D eigenvalue weighted by atomic mass is 35.5. The molecule has 0 aliphatic carbocycles. The SMILES string of the molecule is COc1ccc(CCC(=O)N(C)C2CCN(CCc3ccccn3)CC2)cc1Cl. The Balaban J connectivity index is 1.40. The van der Waals surface area contributed by atoms with Crippen LogP contribution in [0.1, 0.15) is 30.5 Å². The Morgan fingerprint density at radius 2 is 2.03 bits per heavy atom. The van der Waals surface area contributed by atoms with Gasteiger partial charge in [-0.05, 0) is 49.1 Å². The molecule has 1 amide bonds. The predicted octanol–water partition coefficient (Wildman–Crippen LogP) is 3.84. The normalized spacial score (nSPS) is 15.3. The first-order valence-electron chi connectivity index (χ1n) is 10.3. The molecule has 0 saturated carbocycles. The van der Waals surface area contributed by atoms with Crippen molar-refractivity contribution in [3.8, 4) is 5.75 Å². The molecule has 1 fully saturated rings. The summed E-state index contributed by atoms with van der Waals surface area (Å²) < 4.78 is 5.18. The number of aryl methyl sites for hydroxylation is 1. The second kappa shape index (κ2) is 10.6. The Kier molecular flexibility index (Phi) is 7.90. The van der Waals surface area contributed by atoms with E-state index in [4.69, 9.17) is 16.3 Å². The number of carbonyl (C=O) groups is 1. The van der Waals surface area contributed by atoms with Crippen molar-refractivity contribution in [1.82, 2.24) is 14.8 Å². The molecule has 1 aromatic heterocycles. The summed E-state index contributed by atoms with van der Waals surface area (Å²) in [4.78, 5) is 21.5. The van der Waals surface area contributed by atoms with E-state index in [1.54, 1.807) is 7.11 Å². The van der Waals surface area contributed by atoms with Gasteiger partial charge in [-0.1, -0.05) is 23.7 Å². The van der Waals surface area contributed by atoms with Crippen LogP contribution in [-0.4, -0.2) is 60.5 Å². The minimum atomic E-state index is 0.198. The average molecular weight is 416 g/mol. The van der Waals surface area contributed by atoms with Crippen molar-refractivity contribution < 1.29 is 9.53 Å². The standard InChI is InChI=1S/C23H30ClN3O2/c1-26(23(28)9-7-18-6-8-22(29-2)21(24)17-18)20-11-15-27(16-12-20)14-10-19-5-3-4-13-25-19/h3-6,8,13,17,20H,7,9-12,14-16H2,1-2H3. The van der Waals surface area contributed by atoms with E-state index >= 15 is 0 Å². The number of benzene rings is 1. The highest BCUT2D eigenvalue weighted by Gasteiger charge is 2.25. The number of hydrogen-bond acceptors (Lipinski definition) is 4. The van der Waals surface area contributed by atoms with Crippen LogP contribution in [0.4, 0.5) is 0 Å². The Labute approximate surface area is 178 Å². The molecule has 3 rings (SSSR count). The molecule has 0 spiro atoms. The first kappa shape index (κ1) is 21.6. The number of piperidine rings is 1. The molecule has 0 bridgehead atoms. The molecule has 156 valence electrons. The molecule has 0 N–H and O–H groups in total. The van der Waals surface area contributed by atoms with E-state index in [2.05, 4.69) is 16.0 Å². The van der Waals surface area contributed by atoms with Gasteiger partial charge in [0.05, 0.1) is 12.1 Å². The van der Waals surface area contributed by atoms with Crippen LogP contribution in [0.15, 0.2) is 42.6 Å². The van der Waals surface area contributed by atoms with Crippen LogP contribution in [0.2, 0.25) is 5.02 Å². The Morgan fingerprint density at radius 1 is 1.24 bits per heavy atom. The number of methoxy groups -OCH3 is 1. The van der Waals surface area contributed by atoms with E-state index in [-0.39, 0.29) is 5.91 Å². The zero-order valence-corrected chi connectivity index (χ0v) is 18.1. The van der Waals surface area contributed by atoms with Gasteiger partial charge in [-0.3, -0.25) is 9.78 Å². The summed E-state index contributed by atoms with van der Waals surface area (Å²) in [7, 11) is 3.54. The van der Waals surface area contributed by atoms with Gasteiger partial charge in [-0.2, -0.15) is 0 Å². The second-order valence-electron chi connectivity index (χ2n) is 7.62. The maximum atomic E-state index is 12.7. The van der Waals surface area contributed by atoms with Gasteiger partial charge in [0.2, 0.25) is 5.91 Å². The van der Waals surface area contributed by atoms with Gasteiger partial charge in [0.1, 0.15) is 5.75 Å². The van der Waals surface area contributed by atoms with Gasteiger partial charge < -0.3 is 14.5 Å². The number of ether oxygens (including phenoxy) is 1. The summed E-state index contributed by atoms with van der Waals surface area (Å²) in [5, 5.41) is 0.587. The average Bonchev–Trinajstić information content (AvgIpc) is 2.76. The fraction of sp³-hybridized carbons (Fsp3) is 0.478. The molecule has 29 heavy (non-hydrogen) atoms. The monoisotopic (exact) mass is 415 g/mol. The van der Waals surface area contributed by atoms with Crippen LogP contribution in [0.5, 0.6) is 5.75 Å². The zero-order chi connectivity index (χ0) is 20.6. The fourth-order valence-corrected chi connectivity index (χ4v) is 4.13. The molecule has 1 aliphatic rings. The highest BCUT2D eigenvalue weighted by Crippen LogP contribution is 2.25. The Hall–Kier alpha value is -2.11. The number of nitrogens with zero attached hydrogens (tertiary/aromatic N) is 3. The quantitative estimate of drug-likeness (QED) is 0.657. The number of carbonyl (C=O) groups excluding carboxylic acids is 1. The number of rotatable bonds is 8. The van der Waals surface area contributed by atoms with Gasteiger partial charge in [-0.25, -0.2) is 0 Å².